The van der Waals surface area contributed by atoms with Gasteiger partial charge >= 0.3 is 0 Å². The van der Waals surface area contributed by atoms with Gasteiger partial charge in [0.15, 0.2) is 6.20 Å². The largest absolute Gasteiger partial charge is 0.493 e. The Balaban J connectivity index is 1.72. The van der Waals surface area contributed by atoms with E-state index in [0.29, 0.717) is 17.8 Å². The van der Waals surface area contributed by atoms with E-state index in [9.17, 15) is 0 Å². The molecule has 0 saturated carbocycles. The maximum atomic E-state index is 15.3. The van der Waals surface area contributed by atoms with Crippen molar-refractivity contribution in [3.8, 4) is 28.1 Å². The highest BCUT2D eigenvalue weighted by Gasteiger charge is 2.25. The van der Waals surface area contributed by atoms with Gasteiger partial charge in [-0.3, -0.25) is 0 Å². The molecule has 1 aliphatic rings. The number of rotatable bonds is 2. The van der Waals surface area contributed by atoms with Crippen LogP contribution in [0.25, 0.3) is 44.3 Å². The molecule has 0 spiro atoms. The van der Waals surface area contributed by atoms with Gasteiger partial charge in [0, 0.05) is 34.9 Å². The molecule has 0 unspecified atom stereocenters. The molecule has 0 fully saturated rings. The first kappa shape index (κ1) is 18.1. The van der Waals surface area contributed by atoms with E-state index in [0.717, 1.165) is 56.5 Å². The van der Waals surface area contributed by atoms with Crippen LogP contribution >= 0.6 is 0 Å². The van der Waals surface area contributed by atoms with Gasteiger partial charge in [0.25, 0.3) is 0 Å². The van der Waals surface area contributed by atoms with Crippen LogP contribution in [-0.4, -0.2) is 6.61 Å². The van der Waals surface area contributed by atoms with Gasteiger partial charge in [0.05, 0.1) is 17.7 Å². The summed E-state index contributed by atoms with van der Waals surface area (Å²) in [6.07, 6.45) is 2.79. The van der Waals surface area contributed by atoms with Crippen LogP contribution in [0.15, 0.2) is 71.3 Å². The van der Waals surface area contributed by atoms with Gasteiger partial charge < -0.3 is 9.15 Å². The zero-order valence-corrected chi connectivity index (χ0v) is 17.4. The molecule has 5 aromatic rings. The summed E-state index contributed by atoms with van der Waals surface area (Å²) in [4.78, 5) is 0. The second-order valence-electron chi connectivity index (χ2n) is 8.11. The number of aryl methyl sites for hydroxylation is 2. The Morgan fingerprint density at radius 1 is 0.871 bits per heavy atom. The number of furan rings is 1. The molecule has 0 N–H and O–H groups in total. The molecule has 0 amide bonds. The Hall–Kier alpha value is -3.66. The predicted octanol–water partition coefficient (Wildman–Crippen LogP) is 6.13. The zero-order chi connectivity index (χ0) is 21.1. The molecule has 1 aliphatic heterocycles. The molecule has 0 radical (unpaired) electrons. The second-order valence-corrected chi connectivity index (χ2v) is 8.11. The topological polar surface area (TPSA) is 26.2 Å². The molecule has 0 aliphatic carbocycles. The first-order valence-corrected chi connectivity index (χ1v) is 10.5. The Labute approximate surface area is 179 Å². The third-order valence-electron chi connectivity index (χ3n) is 6.29. The summed E-state index contributed by atoms with van der Waals surface area (Å²) in [6, 6.07) is 19.5. The molecule has 4 heteroatoms. The van der Waals surface area contributed by atoms with E-state index in [1.165, 1.54) is 0 Å². The highest BCUT2D eigenvalue weighted by molar-refractivity contribution is 6.13. The lowest BCUT2D eigenvalue weighted by Crippen LogP contribution is -2.30. The van der Waals surface area contributed by atoms with Crippen molar-refractivity contribution in [3.05, 3.63) is 83.8 Å². The van der Waals surface area contributed by atoms with Gasteiger partial charge in [0.2, 0.25) is 5.69 Å². The van der Waals surface area contributed by atoms with E-state index in [4.69, 9.17) is 9.15 Å². The minimum atomic E-state index is -0.282. The molecule has 3 aromatic carbocycles. The summed E-state index contributed by atoms with van der Waals surface area (Å²) in [7, 11) is 2.02. The Morgan fingerprint density at radius 3 is 2.52 bits per heavy atom. The van der Waals surface area contributed by atoms with E-state index in [1.54, 1.807) is 6.07 Å². The Kier molecular flexibility index (Phi) is 3.90. The molecule has 0 saturated heterocycles. The third-order valence-corrected chi connectivity index (χ3v) is 6.29. The smallest absolute Gasteiger partial charge is 0.216 e. The number of fused-ring (bicyclic) bond motifs is 4. The first-order chi connectivity index (χ1) is 15.1. The van der Waals surface area contributed by atoms with Crippen molar-refractivity contribution >= 4 is 21.9 Å². The fourth-order valence-electron chi connectivity index (χ4n) is 4.79. The van der Waals surface area contributed by atoms with E-state index < -0.39 is 0 Å². The van der Waals surface area contributed by atoms with E-state index >= 15 is 4.39 Å². The van der Waals surface area contributed by atoms with Gasteiger partial charge in [0.1, 0.15) is 29.8 Å². The summed E-state index contributed by atoms with van der Waals surface area (Å²) in [5.41, 5.74) is 6.97. The van der Waals surface area contributed by atoms with Crippen LogP contribution in [0.4, 0.5) is 4.39 Å². The second kappa shape index (κ2) is 6.67. The van der Waals surface area contributed by atoms with Crippen LogP contribution in [-0.2, 0) is 13.5 Å². The Bertz CT molecular complexity index is 1500. The number of halogens is 1. The number of pyridine rings is 1. The third kappa shape index (κ3) is 2.61. The van der Waals surface area contributed by atoms with Crippen molar-refractivity contribution in [2.45, 2.75) is 13.3 Å². The molecule has 3 nitrogen and oxygen atoms in total. The van der Waals surface area contributed by atoms with Crippen molar-refractivity contribution in [1.29, 1.82) is 0 Å². The highest BCUT2D eigenvalue weighted by Crippen LogP contribution is 2.44. The van der Waals surface area contributed by atoms with Crippen molar-refractivity contribution in [2.24, 2.45) is 7.05 Å². The quantitative estimate of drug-likeness (QED) is 0.327. The summed E-state index contributed by atoms with van der Waals surface area (Å²) < 4.78 is 29.6. The number of ether oxygens (including phenoxy) is 1. The van der Waals surface area contributed by atoms with Crippen LogP contribution in [0.5, 0.6) is 5.75 Å². The molecule has 152 valence electrons. The summed E-state index contributed by atoms with van der Waals surface area (Å²) in [6.45, 7) is 2.70. The van der Waals surface area contributed by atoms with Crippen molar-refractivity contribution in [2.75, 3.05) is 6.61 Å². The maximum Gasteiger partial charge on any atom is 0.216 e. The van der Waals surface area contributed by atoms with Gasteiger partial charge in [-0.25, -0.2) is 8.96 Å². The van der Waals surface area contributed by atoms with E-state index in [1.807, 2.05) is 49.6 Å². The van der Waals surface area contributed by atoms with Crippen LogP contribution in [0.3, 0.4) is 0 Å². The van der Waals surface area contributed by atoms with Crippen LogP contribution in [0.1, 0.15) is 11.1 Å². The summed E-state index contributed by atoms with van der Waals surface area (Å²) in [5, 5.41) is 1.91. The van der Waals surface area contributed by atoms with Gasteiger partial charge in [-0.2, -0.15) is 0 Å². The summed E-state index contributed by atoms with van der Waals surface area (Å²) >= 11 is 0. The minimum absolute atomic E-state index is 0.282. The molecule has 2 aromatic heterocycles. The SMILES string of the molecule is Cc1ccc2c(oc3c(-c4cccc5c4CCO5)c(F)ccc32)c1-c1cccc[n+]1C. The van der Waals surface area contributed by atoms with Crippen LogP contribution in [0.2, 0.25) is 0 Å². The van der Waals surface area contributed by atoms with E-state index in [2.05, 4.69) is 29.7 Å². The first-order valence-electron chi connectivity index (χ1n) is 10.5. The number of hydrogen-bond donors (Lipinski definition) is 0. The van der Waals surface area contributed by atoms with Crippen molar-refractivity contribution in [1.82, 2.24) is 0 Å². The predicted molar refractivity (Wildman–Crippen MR) is 120 cm³/mol. The van der Waals surface area contributed by atoms with Gasteiger partial charge in [-0.1, -0.05) is 24.3 Å². The highest BCUT2D eigenvalue weighted by atomic mass is 19.1. The number of hydrogen-bond acceptors (Lipinski definition) is 2. The zero-order valence-electron chi connectivity index (χ0n) is 17.4. The normalized spacial score (nSPS) is 13.0. The summed E-state index contributed by atoms with van der Waals surface area (Å²) in [5.74, 6) is 0.549. The lowest BCUT2D eigenvalue weighted by molar-refractivity contribution is -0.660. The number of benzene rings is 3. The fraction of sp³-hybridized carbons (Fsp3) is 0.148. The van der Waals surface area contributed by atoms with Crippen LogP contribution in [0, 0.1) is 12.7 Å². The molecular weight excluding hydrogens is 389 g/mol. The Morgan fingerprint density at radius 2 is 1.68 bits per heavy atom. The molecule has 0 atom stereocenters. The van der Waals surface area contributed by atoms with Crippen LogP contribution < -0.4 is 9.30 Å². The average Bonchev–Trinajstić information content (AvgIpc) is 3.39. The molecule has 31 heavy (non-hydrogen) atoms. The molecule has 6 rings (SSSR count). The standard InChI is InChI=1S/C27H21FNO2/c1-16-9-10-19-20-11-12-21(28)25(18-6-5-8-23-17(18)13-15-30-23)27(20)31-26(19)24(16)22-7-3-4-14-29(22)2/h3-12,14H,13,15H2,1-2H3/q+1. The van der Waals surface area contributed by atoms with Gasteiger partial charge in [-0.15, -0.1) is 0 Å². The molecule has 0 bridgehead atoms. The lowest BCUT2D eigenvalue weighted by atomic mass is 9.95. The van der Waals surface area contributed by atoms with Crippen molar-refractivity contribution < 1.29 is 18.1 Å². The average molecular weight is 410 g/mol. The van der Waals surface area contributed by atoms with Gasteiger partial charge in [-0.05, 0) is 42.3 Å². The molecule has 3 heterocycles. The van der Waals surface area contributed by atoms with Crippen molar-refractivity contribution in [3.63, 3.8) is 0 Å². The van der Waals surface area contributed by atoms with E-state index in [-0.39, 0.29) is 5.82 Å². The monoisotopic (exact) mass is 410 g/mol. The maximum absolute atomic E-state index is 15.3. The number of aromatic nitrogens is 1. The number of nitrogens with zero attached hydrogens (tertiary/aromatic N) is 1. The molecular formula is C27H21FNO2+. The minimum Gasteiger partial charge on any atom is -0.493 e. The fourth-order valence-corrected chi connectivity index (χ4v) is 4.79. The lowest BCUT2D eigenvalue weighted by Gasteiger charge is -2.09.